The maximum atomic E-state index is 4.45. The average molecular weight is 143 g/mol. The number of thiocarbonyl (C=S) groups is 1. The minimum atomic E-state index is 0. The summed E-state index contributed by atoms with van der Waals surface area (Å²) in [6.45, 7) is 0. The molecule has 0 rings (SSSR count). The van der Waals surface area contributed by atoms with Crippen molar-refractivity contribution in [2.45, 2.75) is 0 Å². The second-order valence-corrected chi connectivity index (χ2v) is 1.71. The van der Waals surface area contributed by atoms with Gasteiger partial charge in [0.05, 0.1) is 0 Å². The zero-order chi connectivity index (χ0) is 4.28. The molecule has 7 heavy (non-hydrogen) atoms. The van der Waals surface area contributed by atoms with Crippen molar-refractivity contribution < 1.29 is 11.0 Å². The summed E-state index contributed by atoms with van der Waals surface area (Å²) < 4.78 is 0.532. The van der Waals surface area contributed by atoms with Crippen LogP contribution in [-0.2, 0) is 0 Å². The molecule has 0 atom stereocenters. The molecule has 0 aromatic heterocycles. The minimum Gasteiger partial charge on any atom is -0.412 e. The third-order valence-electron chi connectivity index (χ3n) is 0.214. The van der Waals surface area contributed by atoms with Gasteiger partial charge in [-0.15, -0.1) is 12.6 Å². The lowest BCUT2D eigenvalue weighted by Gasteiger charge is -1.83. The normalized spacial score (nSPS) is 4.86. The Morgan fingerprint density at radius 3 is 1.71 bits per heavy atom. The van der Waals surface area contributed by atoms with E-state index in [1.54, 1.807) is 7.05 Å². The van der Waals surface area contributed by atoms with E-state index in [1.165, 1.54) is 0 Å². The van der Waals surface area contributed by atoms with E-state index in [2.05, 4.69) is 30.2 Å². The molecule has 5 heteroatoms. The molecule has 0 spiro atoms. The molecular weight excluding hydrogens is 134 g/mol. The van der Waals surface area contributed by atoms with Crippen LogP contribution in [-0.4, -0.2) is 22.3 Å². The molecule has 0 fully saturated rings. The molecule has 3 nitrogen and oxygen atoms in total. The highest BCUT2D eigenvalue weighted by atomic mass is 32.1. The van der Waals surface area contributed by atoms with E-state index < -0.39 is 0 Å². The lowest BCUT2D eigenvalue weighted by Crippen LogP contribution is -2.06. The first-order valence-electron chi connectivity index (χ1n) is 1.18. The summed E-state index contributed by atoms with van der Waals surface area (Å²) in [5, 5.41) is 2.62. The Bertz CT molecular complexity index is 49.0. The van der Waals surface area contributed by atoms with Crippen LogP contribution in [0.15, 0.2) is 0 Å². The van der Waals surface area contributed by atoms with Gasteiger partial charge >= 0.3 is 0 Å². The van der Waals surface area contributed by atoms with Gasteiger partial charge in [-0.1, -0.05) is 12.2 Å². The predicted molar refractivity (Wildman–Crippen MR) is 37.9 cm³/mol. The monoisotopic (exact) mass is 143 g/mol. The Morgan fingerprint density at radius 1 is 1.57 bits per heavy atom. The van der Waals surface area contributed by atoms with E-state index in [4.69, 9.17) is 0 Å². The molecule has 0 amide bonds. The van der Waals surface area contributed by atoms with Gasteiger partial charge in [-0.3, -0.25) is 0 Å². The summed E-state index contributed by atoms with van der Waals surface area (Å²) in [6, 6.07) is 0. The molecule has 5 N–H and O–H groups in total. The fourth-order valence-corrected chi connectivity index (χ4v) is 0. The number of nitrogens with one attached hydrogen (secondary N) is 1. The third-order valence-corrected chi connectivity index (χ3v) is 0.642. The van der Waals surface area contributed by atoms with Gasteiger partial charge in [0.1, 0.15) is 4.32 Å². The van der Waals surface area contributed by atoms with Crippen molar-refractivity contribution in [1.29, 1.82) is 0 Å². The largest absolute Gasteiger partial charge is 0.412 e. The average Bonchev–Trinajstić information content (AvgIpc) is 1.38. The van der Waals surface area contributed by atoms with Crippen molar-refractivity contribution in [3.05, 3.63) is 0 Å². The van der Waals surface area contributed by atoms with Crippen LogP contribution >= 0.6 is 24.8 Å². The molecule has 0 bridgehead atoms. The van der Waals surface area contributed by atoms with Crippen LogP contribution in [0.5, 0.6) is 0 Å². The van der Waals surface area contributed by atoms with E-state index >= 15 is 0 Å². The molecule has 0 radical (unpaired) electrons. The molecular formula is C2H9NO2S2. The first-order valence-corrected chi connectivity index (χ1v) is 2.03. The summed E-state index contributed by atoms with van der Waals surface area (Å²) in [5.74, 6) is 0. The Hall–Kier alpha value is 0.160. The van der Waals surface area contributed by atoms with E-state index in [0.29, 0.717) is 4.32 Å². The highest BCUT2D eigenvalue weighted by Gasteiger charge is 1.67. The molecule has 46 valence electrons. The van der Waals surface area contributed by atoms with E-state index in [-0.39, 0.29) is 11.0 Å². The van der Waals surface area contributed by atoms with Gasteiger partial charge in [-0.25, -0.2) is 0 Å². The van der Waals surface area contributed by atoms with Crippen LogP contribution in [0.1, 0.15) is 0 Å². The highest BCUT2D eigenvalue weighted by molar-refractivity contribution is 8.11. The zero-order valence-electron chi connectivity index (χ0n) is 3.86. The topological polar surface area (TPSA) is 75.0 Å². The number of hydrogen-bond acceptors (Lipinski definition) is 1. The first kappa shape index (κ1) is 15.7. The SMILES string of the molecule is CNC(=S)S.O.O. The van der Waals surface area contributed by atoms with Crippen LogP contribution in [0, 0.1) is 0 Å². The summed E-state index contributed by atoms with van der Waals surface area (Å²) >= 11 is 8.17. The maximum Gasteiger partial charge on any atom is 0.130 e. The summed E-state index contributed by atoms with van der Waals surface area (Å²) in [4.78, 5) is 0. The van der Waals surface area contributed by atoms with Crippen molar-refractivity contribution in [2.75, 3.05) is 7.05 Å². The quantitative estimate of drug-likeness (QED) is 0.329. The molecule has 0 heterocycles. The molecule has 0 saturated heterocycles. The molecule has 0 aliphatic carbocycles. The smallest absolute Gasteiger partial charge is 0.130 e. The van der Waals surface area contributed by atoms with Gasteiger partial charge in [0.25, 0.3) is 0 Å². The molecule has 0 aromatic carbocycles. The molecule has 0 aromatic rings. The predicted octanol–water partition coefficient (Wildman–Crippen LogP) is -1.23. The third kappa shape index (κ3) is 22.8. The van der Waals surface area contributed by atoms with Crippen LogP contribution in [0.3, 0.4) is 0 Å². The number of hydrogen-bond donors (Lipinski definition) is 2. The number of thiol groups is 1. The van der Waals surface area contributed by atoms with Crippen molar-refractivity contribution in [3.8, 4) is 0 Å². The maximum absolute atomic E-state index is 4.45. The molecule has 0 aliphatic rings. The summed E-state index contributed by atoms with van der Waals surface area (Å²) in [6.07, 6.45) is 0. The molecule has 0 aliphatic heterocycles. The second kappa shape index (κ2) is 9.48. The van der Waals surface area contributed by atoms with Gasteiger partial charge in [0.15, 0.2) is 0 Å². The fourth-order valence-electron chi connectivity index (χ4n) is 0. The van der Waals surface area contributed by atoms with Crippen molar-refractivity contribution in [1.82, 2.24) is 5.32 Å². The lowest BCUT2D eigenvalue weighted by molar-refractivity contribution is 0.823. The van der Waals surface area contributed by atoms with Crippen LogP contribution in [0.2, 0.25) is 0 Å². The summed E-state index contributed by atoms with van der Waals surface area (Å²) in [7, 11) is 1.73. The van der Waals surface area contributed by atoms with Crippen molar-refractivity contribution in [3.63, 3.8) is 0 Å². The Morgan fingerprint density at radius 2 is 1.71 bits per heavy atom. The fraction of sp³-hybridized carbons (Fsp3) is 0.500. The van der Waals surface area contributed by atoms with E-state index in [0.717, 1.165) is 0 Å². The van der Waals surface area contributed by atoms with Crippen LogP contribution < -0.4 is 5.32 Å². The van der Waals surface area contributed by atoms with Crippen molar-refractivity contribution in [2.24, 2.45) is 0 Å². The first-order chi connectivity index (χ1) is 2.27. The lowest BCUT2D eigenvalue weighted by atomic mass is 11.2. The van der Waals surface area contributed by atoms with Gasteiger partial charge in [0.2, 0.25) is 0 Å². The van der Waals surface area contributed by atoms with Crippen LogP contribution in [0.4, 0.5) is 0 Å². The van der Waals surface area contributed by atoms with Gasteiger partial charge < -0.3 is 16.3 Å². The standard InChI is InChI=1S/C2H5NS2.2H2O/c1-3-2(4)5;;/h1H3,(H2,3,4,5);2*1H2. The van der Waals surface area contributed by atoms with Crippen LogP contribution in [0.25, 0.3) is 0 Å². The van der Waals surface area contributed by atoms with Gasteiger partial charge in [-0.2, -0.15) is 0 Å². The molecule has 0 unspecified atom stereocenters. The zero-order valence-corrected chi connectivity index (χ0v) is 5.57. The van der Waals surface area contributed by atoms with Gasteiger partial charge in [-0.05, 0) is 0 Å². The Balaban J connectivity index is -0.0000000800. The van der Waals surface area contributed by atoms with Gasteiger partial charge in [0, 0.05) is 7.05 Å². The minimum absolute atomic E-state index is 0. The molecule has 0 saturated carbocycles. The van der Waals surface area contributed by atoms with Crippen molar-refractivity contribution >= 4 is 29.2 Å². The number of rotatable bonds is 0. The Kier molecular flexibility index (Phi) is 21.3. The summed E-state index contributed by atoms with van der Waals surface area (Å²) in [5.41, 5.74) is 0. The second-order valence-electron chi connectivity index (χ2n) is 0.555. The van der Waals surface area contributed by atoms with E-state index in [9.17, 15) is 0 Å². The highest BCUT2D eigenvalue weighted by Crippen LogP contribution is 1.69. The van der Waals surface area contributed by atoms with E-state index in [1.807, 2.05) is 0 Å². The Labute approximate surface area is 53.1 Å².